The van der Waals surface area contributed by atoms with Crippen LogP contribution >= 0.6 is 0 Å². The zero-order valence-electron chi connectivity index (χ0n) is 13.8. The molecule has 1 aromatic rings. The SMILES string of the molecule is CC(C)(C)c1ccc(C(=O)NCC(=O)N[C@@H](C#N)C2CC2)cc1. The van der Waals surface area contributed by atoms with Gasteiger partial charge in [0.25, 0.3) is 5.91 Å². The summed E-state index contributed by atoms with van der Waals surface area (Å²) >= 11 is 0. The summed E-state index contributed by atoms with van der Waals surface area (Å²) in [5.74, 6) is -0.353. The molecule has 2 N–H and O–H groups in total. The first-order valence-electron chi connectivity index (χ1n) is 7.89. The maximum atomic E-state index is 12.1. The molecule has 1 atom stereocenters. The molecular formula is C18H23N3O2. The summed E-state index contributed by atoms with van der Waals surface area (Å²) in [6, 6.07) is 9.02. The van der Waals surface area contributed by atoms with Gasteiger partial charge in [-0.15, -0.1) is 0 Å². The normalized spacial score (nSPS) is 15.4. The van der Waals surface area contributed by atoms with Crippen molar-refractivity contribution < 1.29 is 9.59 Å². The Hall–Kier alpha value is -2.35. The topological polar surface area (TPSA) is 82.0 Å². The van der Waals surface area contributed by atoms with E-state index in [1.807, 2.05) is 12.1 Å². The molecule has 1 fully saturated rings. The first-order valence-corrected chi connectivity index (χ1v) is 7.89. The van der Waals surface area contributed by atoms with Crippen molar-refractivity contribution in [2.75, 3.05) is 6.54 Å². The zero-order valence-corrected chi connectivity index (χ0v) is 13.8. The molecule has 1 aromatic carbocycles. The van der Waals surface area contributed by atoms with Crippen molar-refractivity contribution in [2.45, 2.75) is 45.1 Å². The highest BCUT2D eigenvalue weighted by Gasteiger charge is 2.32. The molecular weight excluding hydrogens is 290 g/mol. The maximum Gasteiger partial charge on any atom is 0.251 e. The van der Waals surface area contributed by atoms with Crippen molar-refractivity contribution in [2.24, 2.45) is 5.92 Å². The van der Waals surface area contributed by atoms with E-state index in [-0.39, 0.29) is 29.7 Å². The Morgan fingerprint density at radius 3 is 2.35 bits per heavy atom. The number of hydrogen-bond acceptors (Lipinski definition) is 3. The molecule has 0 spiro atoms. The van der Waals surface area contributed by atoms with Crippen molar-refractivity contribution in [3.63, 3.8) is 0 Å². The molecule has 5 heteroatoms. The molecule has 0 heterocycles. The first-order chi connectivity index (χ1) is 10.8. The fourth-order valence-corrected chi connectivity index (χ4v) is 2.29. The number of rotatable bonds is 5. The molecule has 0 unspecified atom stereocenters. The smallest absolute Gasteiger partial charge is 0.251 e. The summed E-state index contributed by atoms with van der Waals surface area (Å²) in [5, 5.41) is 14.2. The van der Waals surface area contributed by atoms with Crippen LogP contribution in [-0.2, 0) is 10.2 Å². The van der Waals surface area contributed by atoms with E-state index in [1.54, 1.807) is 12.1 Å². The molecule has 0 radical (unpaired) electrons. The molecule has 23 heavy (non-hydrogen) atoms. The van der Waals surface area contributed by atoms with Crippen molar-refractivity contribution in [1.82, 2.24) is 10.6 Å². The second kappa shape index (κ2) is 6.82. The van der Waals surface area contributed by atoms with Crippen LogP contribution in [0.5, 0.6) is 0 Å². The van der Waals surface area contributed by atoms with E-state index in [1.165, 1.54) is 0 Å². The summed E-state index contributed by atoms with van der Waals surface area (Å²) < 4.78 is 0. The van der Waals surface area contributed by atoms with Crippen molar-refractivity contribution in [3.05, 3.63) is 35.4 Å². The highest BCUT2D eigenvalue weighted by molar-refractivity contribution is 5.96. The lowest BCUT2D eigenvalue weighted by Gasteiger charge is -2.19. The fraction of sp³-hybridized carbons (Fsp3) is 0.500. The number of amides is 2. The average molecular weight is 313 g/mol. The fourth-order valence-electron chi connectivity index (χ4n) is 2.29. The lowest BCUT2D eigenvalue weighted by Crippen LogP contribution is -2.42. The van der Waals surface area contributed by atoms with Crippen LogP contribution in [0.2, 0.25) is 0 Å². The lowest BCUT2D eigenvalue weighted by atomic mass is 9.87. The van der Waals surface area contributed by atoms with Crippen LogP contribution < -0.4 is 10.6 Å². The van der Waals surface area contributed by atoms with Gasteiger partial charge in [-0.1, -0.05) is 32.9 Å². The van der Waals surface area contributed by atoms with E-state index in [9.17, 15) is 9.59 Å². The number of nitriles is 1. The molecule has 5 nitrogen and oxygen atoms in total. The number of nitrogens with zero attached hydrogens (tertiary/aromatic N) is 1. The van der Waals surface area contributed by atoms with Crippen molar-refractivity contribution in [3.8, 4) is 6.07 Å². The highest BCUT2D eigenvalue weighted by atomic mass is 16.2. The quantitative estimate of drug-likeness (QED) is 0.873. The third-order valence-electron chi connectivity index (χ3n) is 3.97. The minimum absolute atomic E-state index is 0.0318. The van der Waals surface area contributed by atoms with Gasteiger partial charge in [0.15, 0.2) is 0 Å². The third kappa shape index (κ3) is 4.82. The van der Waals surface area contributed by atoms with Gasteiger partial charge in [0, 0.05) is 5.56 Å². The second-order valence-electron chi connectivity index (χ2n) is 7.02. The van der Waals surface area contributed by atoms with Crippen LogP contribution in [0.1, 0.15) is 49.5 Å². The van der Waals surface area contributed by atoms with E-state index in [2.05, 4.69) is 37.5 Å². The summed E-state index contributed by atoms with van der Waals surface area (Å²) in [6.45, 7) is 6.21. The Labute approximate surface area is 137 Å². The van der Waals surface area contributed by atoms with Gasteiger partial charge in [0.05, 0.1) is 12.6 Å². The van der Waals surface area contributed by atoms with Gasteiger partial charge >= 0.3 is 0 Å². The molecule has 1 aliphatic rings. The molecule has 0 aromatic heterocycles. The van der Waals surface area contributed by atoms with E-state index in [4.69, 9.17) is 5.26 Å². The molecule has 1 saturated carbocycles. The largest absolute Gasteiger partial charge is 0.343 e. The molecule has 2 amide bonds. The molecule has 122 valence electrons. The minimum Gasteiger partial charge on any atom is -0.343 e. The summed E-state index contributed by atoms with van der Waals surface area (Å²) in [7, 11) is 0. The molecule has 2 rings (SSSR count). The molecule has 0 bridgehead atoms. The van der Waals surface area contributed by atoms with E-state index in [0.717, 1.165) is 18.4 Å². The van der Waals surface area contributed by atoms with Gasteiger partial charge in [0.1, 0.15) is 6.04 Å². The Morgan fingerprint density at radius 1 is 1.26 bits per heavy atom. The minimum atomic E-state index is -0.439. The molecule has 0 aliphatic heterocycles. The van der Waals surface area contributed by atoms with Gasteiger partial charge < -0.3 is 10.6 Å². The lowest BCUT2D eigenvalue weighted by molar-refractivity contribution is -0.120. The predicted molar refractivity (Wildman–Crippen MR) is 87.7 cm³/mol. The van der Waals surface area contributed by atoms with Crippen molar-refractivity contribution >= 4 is 11.8 Å². The van der Waals surface area contributed by atoms with Gasteiger partial charge in [-0.25, -0.2) is 0 Å². The summed E-state index contributed by atoms with van der Waals surface area (Å²) in [4.78, 5) is 23.8. The molecule has 1 aliphatic carbocycles. The third-order valence-corrected chi connectivity index (χ3v) is 3.97. The number of hydrogen-bond donors (Lipinski definition) is 2. The van der Waals surface area contributed by atoms with Crippen LogP contribution in [0.15, 0.2) is 24.3 Å². The second-order valence-corrected chi connectivity index (χ2v) is 7.02. The Kier molecular flexibility index (Phi) is 5.05. The van der Waals surface area contributed by atoms with Crippen LogP contribution in [-0.4, -0.2) is 24.4 Å². The first kappa shape index (κ1) is 17.0. The predicted octanol–water partition coefficient (Wildman–Crippen LogP) is 2.13. The van der Waals surface area contributed by atoms with E-state index < -0.39 is 6.04 Å². The monoisotopic (exact) mass is 313 g/mol. The average Bonchev–Trinajstić information content (AvgIpc) is 3.34. The summed E-state index contributed by atoms with van der Waals surface area (Å²) in [6.07, 6.45) is 1.95. The Balaban J connectivity index is 1.84. The number of carbonyl (C=O) groups is 2. The standard InChI is InChI=1S/C18H23N3O2/c1-18(2,3)14-8-6-13(7-9-14)17(23)20-11-16(22)21-15(10-19)12-4-5-12/h6-9,12,15H,4-5,11H2,1-3H3,(H,20,23)(H,21,22)/t15-/m0/s1. The molecule has 0 saturated heterocycles. The maximum absolute atomic E-state index is 12.1. The van der Waals surface area contributed by atoms with Crippen LogP contribution in [0.25, 0.3) is 0 Å². The van der Waals surface area contributed by atoms with Gasteiger partial charge in [-0.05, 0) is 41.9 Å². The zero-order chi connectivity index (χ0) is 17.0. The highest BCUT2D eigenvalue weighted by Crippen LogP contribution is 2.32. The number of nitrogens with one attached hydrogen (secondary N) is 2. The Bertz CT molecular complexity index is 619. The van der Waals surface area contributed by atoms with E-state index in [0.29, 0.717) is 5.56 Å². The van der Waals surface area contributed by atoms with Gasteiger partial charge in [-0.3, -0.25) is 9.59 Å². The number of benzene rings is 1. The van der Waals surface area contributed by atoms with Crippen LogP contribution in [0, 0.1) is 17.2 Å². The summed E-state index contributed by atoms with van der Waals surface area (Å²) in [5.41, 5.74) is 1.70. The van der Waals surface area contributed by atoms with Gasteiger partial charge in [0.2, 0.25) is 5.91 Å². The number of carbonyl (C=O) groups excluding carboxylic acids is 2. The Morgan fingerprint density at radius 2 is 1.87 bits per heavy atom. The van der Waals surface area contributed by atoms with Gasteiger partial charge in [-0.2, -0.15) is 5.26 Å². The van der Waals surface area contributed by atoms with Crippen molar-refractivity contribution in [1.29, 1.82) is 5.26 Å². The van der Waals surface area contributed by atoms with E-state index >= 15 is 0 Å². The van der Waals surface area contributed by atoms with Crippen LogP contribution in [0.3, 0.4) is 0 Å². The van der Waals surface area contributed by atoms with Crippen LogP contribution in [0.4, 0.5) is 0 Å².